The van der Waals surface area contributed by atoms with Crippen LogP contribution in [-0.2, 0) is 0 Å². The second-order valence-corrected chi connectivity index (χ2v) is 4.17. The molecule has 0 aromatic carbocycles. The van der Waals surface area contributed by atoms with Crippen LogP contribution < -0.4 is 0 Å². The highest BCUT2D eigenvalue weighted by Crippen LogP contribution is 2.26. The van der Waals surface area contributed by atoms with E-state index >= 15 is 0 Å². The van der Waals surface area contributed by atoms with Crippen molar-refractivity contribution in [2.24, 2.45) is 5.92 Å². The number of aromatic amines is 1. The number of hydrogen-bond donors (Lipinski definition) is 2. The number of carboxylic acids is 1. The fraction of sp³-hybridized carbons (Fsp3) is 0.545. The predicted molar refractivity (Wildman–Crippen MR) is 56.5 cm³/mol. The van der Waals surface area contributed by atoms with Gasteiger partial charge in [0.2, 0.25) is 0 Å². The topological polar surface area (TPSA) is 83.0 Å². The van der Waals surface area contributed by atoms with Crippen molar-refractivity contribution in [3.8, 4) is 0 Å². The molecular formula is C11H14N2O3. The Kier molecular flexibility index (Phi) is 3.03. The van der Waals surface area contributed by atoms with Crippen molar-refractivity contribution in [2.45, 2.75) is 32.1 Å². The molecule has 2 rings (SSSR count). The second kappa shape index (κ2) is 4.47. The normalized spacial score (nSPS) is 17.2. The van der Waals surface area contributed by atoms with Crippen LogP contribution in [0.3, 0.4) is 0 Å². The van der Waals surface area contributed by atoms with Crippen molar-refractivity contribution in [1.82, 2.24) is 10.2 Å². The Hall–Kier alpha value is -1.65. The van der Waals surface area contributed by atoms with E-state index in [-0.39, 0.29) is 23.1 Å². The molecule has 5 nitrogen and oxygen atoms in total. The Labute approximate surface area is 92.9 Å². The molecule has 1 fully saturated rings. The van der Waals surface area contributed by atoms with Crippen molar-refractivity contribution in [3.63, 3.8) is 0 Å². The molecule has 0 atom stereocenters. The zero-order valence-electron chi connectivity index (χ0n) is 8.90. The SMILES string of the molecule is O=C(O)c1cc(C(=O)C2CCCCC2)n[nH]1. The molecule has 1 aliphatic rings. The van der Waals surface area contributed by atoms with Gasteiger partial charge in [-0.15, -0.1) is 0 Å². The maximum Gasteiger partial charge on any atom is 0.353 e. The van der Waals surface area contributed by atoms with E-state index < -0.39 is 5.97 Å². The predicted octanol–water partition coefficient (Wildman–Crippen LogP) is 1.87. The van der Waals surface area contributed by atoms with Gasteiger partial charge in [0.1, 0.15) is 11.4 Å². The molecule has 2 N–H and O–H groups in total. The zero-order valence-corrected chi connectivity index (χ0v) is 8.90. The first-order chi connectivity index (χ1) is 7.68. The average molecular weight is 222 g/mol. The third-order valence-electron chi connectivity index (χ3n) is 3.04. The lowest BCUT2D eigenvalue weighted by atomic mass is 9.85. The molecule has 1 aliphatic carbocycles. The third kappa shape index (κ3) is 2.13. The van der Waals surface area contributed by atoms with Gasteiger partial charge in [0.15, 0.2) is 5.78 Å². The molecule has 86 valence electrons. The lowest BCUT2D eigenvalue weighted by molar-refractivity contribution is 0.0690. The van der Waals surface area contributed by atoms with Crippen molar-refractivity contribution < 1.29 is 14.7 Å². The Bertz CT molecular complexity index is 405. The zero-order chi connectivity index (χ0) is 11.5. The van der Waals surface area contributed by atoms with E-state index in [1.54, 1.807) is 0 Å². The van der Waals surface area contributed by atoms with Crippen LogP contribution in [-0.4, -0.2) is 27.1 Å². The van der Waals surface area contributed by atoms with Gasteiger partial charge in [-0.3, -0.25) is 9.89 Å². The van der Waals surface area contributed by atoms with Crippen LogP contribution in [0.5, 0.6) is 0 Å². The van der Waals surface area contributed by atoms with Crippen molar-refractivity contribution in [3.05, 3.63) is 17.5 Å². The number of hydrogen-bond acceptors (Lipinski definition) is 3. The Balaban J connectivity index is 2.10. The smallest absolute Gasteiger partial charge is 0.353 e. The van der Waals surface area contributed by atoms with Gasteiger partial charge in [-0.25, -0.2) is 4.79 Å². The van der Waals surface area contributed by atoms with E-state index in [9.17, 15) is 9.59 Å². The minimum atomic E-state index is -1.09. The lowest BCUT2D eigenvalue weighted by Crippen LogP contribution is -2.18. The summed E-state index contributed by atoms with van der Waals surface area (Å²) < 4.78 is 0. The quantitative estimate of drug-likeness (QED) is 0.765. The number of Topliss-reactive ketones (excluding diaryl/α,β-unsaturated/α-hetero) is 1. The number of aromatic carboxylic acids is 1. The largest absolute Gasteiger partial charge is 0.477 e. The number of carboxylic acid groups (broad SMARTS) is 1. The van der Waals surface area contributed by atoms with Gasteiger partial charge in [0.05, 0.1) is 0 Å². The van der Waals surface area contributed by atoms with Gasteiger partial charge >= 0.3 is 5.97 Å². The highest BCUT2D eigenvalue weighted by Gasteiger charge is 2.24. The van der Waals surface area contributed by atoms with Crippen LogP contribution in [0.1, 0.15) is 53.1 Å². The number of carbonyl (C=O) groups excluding carboxylic acids is 1. The van der Waals surface area contributed by atoms with Crippen LogP contribution in [0, 0.1) is 5.92 Å². The molecule has 5 heteroatoms. The summed E-state index contributed by atoms with van der Waals surface area (Å²) in [6.07, 6.45) is 5.13. The number of nitrogens with one attached hydrogen (secondary N) is 1. The molecule has 1 aromatic heterocycles. The summed E-state index contributed by atoms with van der Waals surface area (Å²) in [6, 6.07) is 1.32. The number of H-pyrrole nitrogens is 1. The van der Waals surface area contributed by atoms with E-state index in [1.807, 2.05) is 0 Å². The van der Waals surface area contributed by atoms with Gasteiger partial charge in [0.25, 0.3) is 0 Å². The Morgan fingerprint density at radius 3 is 2.56 bits per heavy atom. The first kappa shape index (κ1) is 10.9. The maximum atomic E-state index is 12.0. The fourth-order valence-electron chi connectivity index (χ4n) is 2.13. The van der Waals surface area contributed by atoms with E-state index in [4.69, 9.17) is 5.11 Å². The number of carbonyl (C=O) groups is 2. The molecule has 16 heavy (non-hydrogen) atoms. The van der Waals surface area contributed by atoms with Crippen molar-refractivity contribution in [1.29, 1.82) is 0 Å². The molecule has 0 aliphatic heterocycles. The number of rotatable bonds is 3. The molecule has 0 bridgehead atoms. The molecule has 1 saturated carbocycles. The highest BCUT2D eigenvalue weighted by atomic mass is 16.4. The maximum absolute atomic E-state index is 12.0. The number of nitrogens with zero attached hydrogens (tertiary/aromatic N) is 1. The molecule has 0 radical (unpaired) electrons. The van der Waals surface area contributed by atoms with Crippen molar-refractivity contribution in [2.75, 3.05) is 0 Å². The summed E-state index contributed by atoms with van der Waals surface area (Å²) in [4.78, 5) is 22.6. The van der Waals surface area contributed by atoms with E-state index in [0.29, 0.717) is 0 Å². The summed E-state index contributed by atoms with van der Waals surface area (Å²) in [5.41, 5.74) is 0.225. The molecule has 0 spiro atoms. The van der Waals surface area contributed by atoms with Gasteiger partial charge in [0, 0.05) is 12.0 Å². The summed E-state index contributed by atoms with van der Waals surface area (Å²) >= 11 is 0. The minimum Gasteiger partial charge on any atom is -0.477 e. The van der Waals surface area contributed by atoms with Crippen LogP contribution in [0.4, 0.5) is 0 Å². The summed E-state index contributed by atoms with van der Waals surface area (Å²) in [5.74, 6) is -1.09. The first-order valence-corrected chi connectivity index (χ1v) is 5.51. The Morgan fingerprint density at radius 1 is 1.31 bits per heavy atom. The lowest BCUT2D eigenvalue weighted by Gasteiger charge is -2.18. The summed E-state index contributed by atoms with van der Waals surface area (Å²) in [7, 11) is 0. The molecular weight excluding hydrogens is 208 g/mol. The van der Waals surface area contributed by atoms with Gasteiger partial charge < -0.3 is 5.11 Å². The number of ketones is 1. The average Bonchev–Trinajstić information content (AvgIpc) is 2.78. The molecule has 0 saturated heterocycles. The van der Waals surface area contributed by atoms with E-state index in [0.717, 1.165) is 25.7 Å². The highest BCUT2D eigenvalue weighted by molar-refractivity contribution is 5.98. The monoisotopic (exact) mass is 222 g/mol. The van der Waals surface area contributed by atoms with E-state index in [2.05, 4.69) is 10.2 Å². The fourth-order valence-corrected chi connectivity index (χ4v) is 2.13. The first-order valence-electron chi connectivity index (χ1n) is 5.51. The van der Waals surface area contributed by atoms with Gasteiger partial charge in [-0.05, 0) is 12.8 Å². The second-order valence-electron chi connectivity index (χ2n) is 4.17. The summed E-state index contributed by atoms with van der Waals surface area (Å²) in [6.45, 7) is 0. The van der Waals surface area contributed by atoms with E-state index in [1.165, 1.54) is 12.5 Å². The molecule has 1 heterocycles. The van der Waals surface area contributed by atoms with Crippen LogP contribution in [0.15, 0.2) is 6.07 Å². The van der Waals surface area contributed by atoms with Crippen LogP contribution in [0.2, 0.25) is 0 Å². The van der Waals surface area contributed by atoms with Gasteiger partial charge in [-0.2, -0.15) is 5.10 Å². The Morgan fingerprint density at radius 2 is 2.00 bits per heavy atom. The third-order valence-corrected chi connectivity index (χ3v) is 3.04. The molecule has 1 aromatic rings. The van der Waals surface area contributed by atoms with Crippen LogP contribution in [0.25, 0.3) is 0 Å². The van der Waals surface area contributed by atoms with Gasteiger partial charge in [-0.1, -0.05) is 19.3 Å². The van der Waals surface area contributed by atoms with Crippen molar-refractivity contribution >= 4 is 11.8 Å². The summed E-state index contributed by atoms with van der Waals surface area (Å²) in [5, 5.41) is 14.8. The molecule has 0 unspecified atom stereocenters. The van der Waals surface area contributed by atoms with Crippen LogP contribution >= 0.6 is 0 Å². The standard InChI is InChI=1S/C11H14N2O3/c14-10(7-4-2-1-3-5-7)8-6-9(11(15)16)13-12-8/h6-7H,1-5H2,(H,12,13)(H,15,16). The molecule has 0 amide bonds. The number of aromatic nitrogens is 2. The minimum absolute atomic E-state index is 0.0246.